The molecule has 1 aromatic heterocycles. The molecule has 0 amide bonds. The lowest BCUT2D eigenvalue weighted by Gasteiger charge is -2.34. The molecular weight excluding hydrogens is 345 g/mol. The van der Waals surface area contributed by atoms with Crippen molar-refractivity contribution in [2.75, 3.05) is 39.4 Å². The summed E-state index contributed by atoms with van der Waals surface area (Å²) in [6.45, 7) is 4.06. The van der Waals surface area contributed by atoms with Crippen LogP contribution in [0, 0.1) is 5.82 Å². The third-order valence-electron chi connectivity index (χ3n) is 4.57. The van der Waals surface area contributed by atoms with Gasteiger partial charge < -0.3 is 15.8 Å². The zero-order valence-corrected chi connectivity index (χ0v) is 15.4. The average Bonchev–Trinajstić information content (AvgIpc) is 2.70. The number of halogens is 1. The predicted molar refractivity (Wildman–Crippen MR) is 104 cm³/mol. The fourth-order valence-corrected chi connectivity index (χ4v) is 3.14. The summed E-state index contributed by atoms with van der Waals surface area (Å²) in [6, 6.07) is 12.5. The summed E-state index contributed by atoms with van der Waals surface area (Å²) in [7, 11) is 0. The summed E-state index contributed by atoms with van der Waals surface area (Å²) < 4.78 is 19.1. The quantitative estimate of drug-likeness (QED) is 0.573. The number of nitrogens with two attached hydrogens (primary N) is 1. The Morgan fingerprint density at radius 2 is 2.11 bits per heavy atom. The number of rotatable bonds is 7. The number of morpholine rings is 1. The number of aromatic nitrogens is 1. The van der Waals surface area contributed by atoms with E-state index < -0.39 is 0 Å². The molecule has 0 aliphatic carbocycles. The molecule has 27 heavy (non-hydrogen) atoms. The van der Waals surface area contributed by atoms with Gasteiger partial charge in [-0.15, -0.1) is 0 Å². The fraction of sp³-hybridized carbons (Fsp3) is 0.400. The summed E-state index contributed by atoms with van der Waals surface area (Å²) in [5.74, 6) is 0.150. The van der Waals surface area contributed by atoms with E-state index in [0.717, 1.165) is 30.8 Å². The molecule has 1 unspecified atom stereocenters. The summed E-state index contributed by atoms with van der Waals surface area (Å²) in [5.41, 5.74) is 7.93. The van der Waals surface area contributed by atoms with Crippen molar-refractivity contribution in [1.29, 1.82) is 0 Å². The van der Waals surface area contributed by atoms with Gasteiger partial charge in [0.05, 0.1) is 25.8 Å². The van der Waals surface area contributed by atoms with Crippen LogP contribution in [0.3, 0.4) is 0 Å². The highest BCUT2D eigenvalue weighted by atomic mass is 19.1. The third kappa shape index (κ3) is 6.01. The predicted octanol–water partition coefficient (Wildman–Crippen LogP) is 1.74. The Balaban J connectivity index is 1.59. The Hall–Kier alpha value is -2.51. The molecular formula is C20H26FN5O. The molecule has 2 aromatic rings. The van der Waals surface area contributed by atoms with Gasteiger partial charge in [-0.25, -0.2) is 4.39 Å². The van der Waals surface area contributed by atoms with E-state index in [2.05, 4.69) is 20.2 Å². The van der Waals surface area contributed by atoms with Crippen LogP contribution in [-0.2, 0) is 11.2 Å². The van der Waals surface area contributed by atoms with E-state index in [1.807, 2.05) is 24.3 Å². The maximum Gasteiger partial charge on any atom is 0.188 e. The minimum absolute atomic E-state index is 0.0271. The van der Waals surface area contributed by atoms with Crippen molar-refractivity contribution in [2.45, 2.75) is 12.5 Å². The minimum Gasteiger partial charge on any atom is -0.379 e. The number of aliphatic imine (C=N–C) groups is 1. The van der Waals surface area contributed by atoms with Crippen LogP contribution in [0.15, 0.2) is 53.7 Å². The SMILES string of the molecule is NC(=NCC(c1cccc(F)c1)N1CCOCC1)NCCc1ccccn1. The Morgan fingerprint density at radius 3 is 2.85 bits per heavy atom. The lowest BCUT2D eigenvalue weighted by atomic mass is 10.0. The molecule has 1 fully saturated rings. The van der Waals surface area contributed by atoms with E-state index in [4.69, 9.17) is 10.5 Å². The van der Waals surface area contributed by atoms with E-state index in [1.54, 1.807) is 18.3 Å². The van der Waals surface area contributed by atoms with Gasteiger partial charge in [-0.2, -0.15) is 0 Å². The molecule has 6 nitrogen and oxygen atoms in total. The molecule has 3 rings (SSSR count). The molecule has 0 spiro atoms. The molecule has 2 heterocycles. The molecule has 1 aliphatic rings. The van der Waals surface area contributed by atoms with Crippen molar-refractivity contribution >= 4 is 5.96 Å². The number of hydrogen-bond donors (Lipinski definition) is 2. The van der Waals surface area contributed by atoms with Gasteiger partial charge in [-0.3, -0.25) is 14.9 Å². The van der Waals surface area contributed by atoms with Crippen LogP contribution in [0.5, 0.6) is 0 Å². The molecule has 1 saturated heterocycles. The zero-order valence-electron chi connectivity index (χ0n) is 15.4. The summed E-state index contributed by atoms with van der Waals surface area (Å²) in [6.07, 6.45) is 2.55. The average molecular weight is 371 g/mol. The molecule has 1 aromatic carbocycles. The van der Waals surface area contributed by atoms with Gasteiger partial charge in [-0.05, 0) is 29.8 Å². The van der Waals surface area contributed by atoms with Crippen molar-refractivity contribution in [3.63, 3.8) is 0 Å². The van der Waals surface area contributed by atoms with Gasteiger partial charge in [0.2, 0.25) is 0 Å². The highest BCUT2D eigenvalue weighted by Gasteiger charge is 2.22. The van der Waals surface area contributed by atoms with Crippen LogP contribution in [0.2, 0.25) is 0 Å². The smallest absolute Gasteiger partial charge is 0.188 e. The normalized spacial score (nSPS) is 16.9. The number of ether oxygens (including phenoxy) is 1. The van der Waals surface area contributed by atoms with Crippen molar-refractivity contribution in [3.05, 3.63) is 65.7 Å². The van der Waals surface area contributed by atoms with Gasteiger partial charge in [0, 0.05) is 37.9 Å². The van der Waals surface area contributed by atoms with E-state index in [1.165, 1.54) is 6.07 Å². The lowest BCUT2D eigenvalue weighted by molar-refractivity contribution is 0.0179. The number of nitrogens with one attached hydrogen (secondary N) is 1. The van der Waals surface area contributed by atoms with Crippen LogP contribution < -0.4 is 11.1 Å². The Kier molecular flexibility index (Phi) is 7.12. The first-order valence-corrected chi connectivity index (χ1v) is 9.23. The molecule has 0 bridgehead atoms. The number of benzene rings is 1. The standard InChI is InChI=1S/C20H26FN5O/c21-17-5-3-4-16(14-17)19(26-10-12-27-13-11-26)15-25-20(22)24-9-7-18-6-1-2-8-23-18/h1-6,8,14,19H,7,9-13,15H2,(H3,22,24,25). The number of guanidine groups is 1. The minimum atomic E-state index is -0.240. The molecule has 1 atom stereocenters. The second kappa shape index (κ2) is 9.99. The highest BCUT2D eigenvalue weighted by molar-refractivity contribution is 5.77. The first kappa shape index (κ1) is 19.3. The second-order valence-corrected chi connectivity index (χ2v) is 6.44. The third-order valence-corrected chi connectivity index (χ3v) is 4.57. The topological polar surface area (TPSA) is 75.8 Å². The van der Waals surface area contributed by atoms with Crippen LogP contribution in [0.1, 0.15) is 17.3 Å². The Bertz CT molecular complexity index is 734. The zero-order chi connectivity index (χ0) is 18.9. The Labute approximate surface area is 159 Å². The van der Waals surface area contributed by atoms with Crippen LogP contribution in [0.4, 0.5) is 4.39 Å². The first-order valence-electron chi connectivity index (χ1n) is 9.23. The largest absolute Gasteiger partial charge is 0.379 e. The molecule has 1 aliphatic heterocycles. The first-order chi connectivity index (χ1) is 13.2. The van der Waals surface area contributed by atoms with Gasteiger partial charge in [0.15, 0.2) is 5.96 Å². The van der Waals surface area contributed by atoms with Crippen molar-refractivity contribution in [3.8, 4) is 0 Å². The summed E-state index contributed by atoms with van der Waals surface area (Å²) in [5, 5.41) is 3.12. The van der Waals surface area contributed by atoms with E-state index >= 15 is 0 Å². The second-order valence-electron chi connectivity index (χ2n) is 6.44. The molecule has 0 saturated carbocycles. The monoisotopic (exact) mass is 371 g/mol. The Morgan fingerprint density at radius 1 is 1.26 bits per heavy atom. The van der Waals surface area contributed by atoms with Crippen LogP contribution in [-0.4, -0.2) is 55.2 Å². The molecule has 3 N–H and O–H groups in total. The van der Waals surface area contributed by atoms with Gasteiger partial charge in [-0.1, -0.05) is 18.2 Å². The molecule has 0 radical (unpaired) electrons. The summed E-state index contributed by atoms with van der Waals surface area (Å²) >= 11 is 0. The maximum absolute atomic E-state index is 13.7. The van der Waals surface area contributed by atoms with Crippen LogP contribution >= 0.6 is 0 Å². The summed E-state index contributed by atoms with van der Waals surface area (Å²) in [4.78, 5) is 11.0. The van der Waals surface area contributed by atoms with Crippen LogP contribution in [0.25, 0.3) is 0 Å². The van der Waals surface area contributed by atoms with E-state index in [9.17, 15) is 4.39 Å². The van der Waals surface area contributed by atoms with E-state index in [0.29, 0.717) is 32.3 Å². The number of hydrogen-bond acceptors (Lipinski definition) is 4. The molecule has 7 heteroatoms. The fourth-order valence-electron chi connectivity index (χ4n) is 3.14. The van der Waals surface area contributed by atoms with Gasteiger partial charge in [0.1, 0.15) is 5.82 Å². The highest BCUT2D eigenvalue weighted by Crippen LogP contribution is 2.23. The van der Waals surface area contributed by atoms with Crippen molar-refractivity contribution in [2.24, 2.45) is 10.7 Å². The van der Waals surface area contributed by atoms with Gasteiger partial charge in [0.25, 0.3) is 0 Å². The van der Waals surface area contributed by atoms with E-state index in [-0.39, 0.29) is 11.9 Å². The van der Waals surface area contributed by atoms with Crippen molar-refractivity contribution < 1.29 is 9.13 Å². The maximum atomic E-state index is 13.7. The van der Waals surface area contributed by atoms with Gasteiger partial charge >= 0.3 is 0 Å². The number of pyridine rings is 1. The molecule has 144 valence electrons. The van der Waals surface area contributed by atoms with Crippen molar-refractivity contribution in [1.82, 2.24) is 15.2 Å². The number of nitrogens with zero attached hydrogens (tertiary/aromatic N) is 3. The lowest BCUT2D eigenvalue weighted by Crippen LogP contribution is -2.41.